The zero-order valence-electron chi connectivity index (χ0n) is 19.3. The topological polar surface area (TPSA) is 147 Å². The van der Waals surface area contributed by atoms with Crippen molar-refractivity contribution in [3.63, 3.8) is 0 Å². The lowest BCUT2D eigenvalue weighted by Gasteiger charge is -2.30. The highest BCUT2D eigenvalue weighted by Crippen LogP contribution is 2.11. The van der Waals surface area contributed by atoms with E-state index in [-0.39, 0.29) is 32.8 Å². The van der Waals surface area contributed by atoms with E-state index >= 15 is 0 Å². The molecule has 0 rings (SSSR count). The fourth-order valence-electron chi connectivity index (χ4n) is 2.09. The third kappa shape index (κ3) is 15.9. The Morgan fingerprint density at radius 1 is 0.903 bits per heavy atom. The van der Waals surface area contributed by atoms with Gasteiger partial charge in [0.25, 0.3) is 0 Å². The van der Waals surface area contributed by atoms with E-state index in [0.717, 1.165) is 4.90 Å². The highest BCUT2D eigenvalue weighted by atomic mass is 16.6. The SMILES string of the molecule is C=CCOC(=O)NC[C@H](O)CN(C[C@@H](O)CNC(=O)OC(C)(C)C)C(=O)OC(C)(C)C. The molecule has 0 saturated carbocycles. The van der Waals surface area contributed by atoms with E-state index in [9.17, 15) is 24.6 Å². The second-order valence-corrected chi connectivity index (χ2v) is 8.84. The minimum absolute atomic E-state index is 0.0167. The average Bonchev–Trinajstić information content (AvgIpc) is 2.59. The predicted molar refractivity (Wildman–Crippen MR) is 114 cm³/mol. The van der Waals surface area contributed by atoms with Crippen LogP contribution in [0.3, 0.4) is 0 Å². The van der Waals surface area contributed by atoms with E-state index in [2.05, 4.69) is 17.2 Å². The van der Waals surface area contributed by atoms with Crippen molar-refractivity contribution in [1.82, 2.24) is 15.5 Å². The van der Waals surface area contributed by atoms with Crippen molar-refractivity contribution < 1.29 is 38.8 Å². The first kappa shape index (κ1) is 28.5. The second-order valence-electron chi connectivity index (χ2n) is 8.84. The molecule has 31 heavy (non-hydrogen) atoms. The molecule has 0 radical (unpaired) electrons. The molecule has 0 unspecified atom stereocenters. The number of alkyl carbamates (subject to hydrolysis) is 2. The quantitative estimate of drug-likeness (QED) is 0.290. The number of ether oxygens (including phenoxy) is 3. The van der Waals surface area contributed by atoms with Crippen LogP contribution in [-0.2, 0) is 14.2 Å². The summed E-state index contributed by atoms with van der Waals surface area (Å²) in [6, 6.07) is 0. The van der Waals surface area contributed by atoms with E-state index in [1.54, 1.807) is 41.5 Å². The van der Waals surface area contributed by atoms with Crippen molar-refractivity contribution in [2.45, 2.75) is 65.0 Å². The van der Waals surface area contributed by atoms with E-state index in [4.69, 9.17) is 14.2 Å². The summed E-state index contributed by atoms with van der Waals surface area (Å²) >= 11 is 0. The monoisotopic (exact) mass is 447 g/mol. The molecule has 0 aromatic heterocycles. The zero-order valence-corrected chi connectivity index (χ0v) is 19.3. The van der Waals surface area contributed by atoms with Crippen LogP contribution >= 0.6 is 0 Å². The van der Waals surface area contributed by atoms with Crippen molar-refractivity contribution in [1.29, 1.82) is 0 Å². The van der Waals surface area contributed by atoms with Gasteiger partial charge in [-0.25, -0.2) is 14.4 Å². The minimum atomic E-state index is -1.16. The van der Waals surface area contributed by atoms with Gasteiger partial charge in [0.2, 0.25) is 0 Å². The smallest absolute Gasteiger partial charge is 0.410 e. The molecule has 4 N–H and O–H groups in total. The second kappa shape index (κ2) is 13.0. The minimum Gasteiger partial charge on any atom is -0.445 e. The first-order valence-corrected chi connectivity index (χ1v) is 9.95. The summed E-state index contributed by atoms with van der Waals surface area (Å²) in [4.78, 5) is 36.7. The number of hydrogen-bond acceptors (Lipinski definition) is 8. The molecule has 0 aromatic rings. The lowest BCUT2D eigenvalue weighted by Crippen LogP contribution is -2.49. The van der Waals surface area contributed by atoms with Crippen molar-refractivity contribution in [2.24, 2.45) is 0 Å². The molecule has 0 aliphatic heterocycles. The largest absolute Gasteiger partial charge is 0.445 e. The maximum absolute atomic E-state index is 12.5. The normalized spacial score (nSPS) is 13.4. The summed E-state index contributed by atoms with van der Waals surface area (Å²) in [6.07, 6.45) is -3.14. The van der Waals surface area contributed by atoms with Crippen LogP contribution in [0.4, 0.5) is 14.4 Å². The van der Waals surface area contributed by atoms with Crippen LogP contribution in [0, 0.1) is 0 Å². The Bertz CT molecular complexity index is 598. The number of aliphatic hydroxyl groups is 2. The van der Waals surface area contributed by atoms with Gasteiger partial charge in [0.05, 0.1) is 25.3 Å². The molecular formula is C20H37N3O8. The van der Waals surface area contributed by atoms with Crippen LogP contribution in [0.5, 0.6) is 0 Å². The fraction of sp³-hybridized carbons (Fsp3) is 0.750. The molecule has 0 fully saturated rings. The maximum Gasteiger partial charge on any atom is 0.410 e. The number of carbonyl (C=O) groups is 3. The van der Waals surface area contributed by atoms with Gasteiger partial charge in [0.15, 0.2) is 0 Å². The van der Waals surface area contributed by atoms with E-state index in [1.807, 2.05) is 0 Å². The molecule has 0 aliphatic carbocycles. The summed E-state index contributed by atoms with van der Waals surface area (Å²) in [7, 11) is 0. The van der Waals surface area contributed by atoms with Crippen molar-refractivity contribution >= 4 is 18.3 Å². The molecule has 11 nitrogen and oxygen atoms in total. The third-order valence-electron chi connectivity index (χ3n) is 3.21. The molecule has 0 aromatic carbocycles. The first-order chi connectivity index (χ1) is 14.1. The van der Waals surface area contributed by atoms with Gasteiger partial charge in [-0.05, 0) is 41.5 Å². The molecule has 0 bridgehead atoms. The maximum atomic E-state index is 12.5. The number of nitrogens with one attached hydrogen (secondary N) is 2. The molecule has 11 heteroatoms. The summed E-state index contributed by atoms with van der Waals surface area (Å²) in [5.41, 5.74) is -1.49. The van der Waals surface area contributed by atoms with Crippen LogP contribution in [0.25, 0.3) is 0 Å². The van der Waals surface area contributed by atoms with E-state index in [0.29, 0.717) is 0 Å². The van der Waals surface area contributed by atoms with E-state index in [1.165, 1.54) is 6.08 Å². The molecule has 180 valence electrons. The first-order valence-electron chi connectivity index (χ1n) is 9.95. The number of aliphatic hydroxyl groups excluding tert-OH is 2. The fourth-order valence-corrected chi connectivity index (χ4v) is 2.09. The van der Waals surface area contributed by atoms with Gasteiger partial charge in [-0.15, -0.1) is 0 Å². The lowest BCUT2D eigenvalue weighted by molar-refractivity contribution is 0.00295. The Labute approximate surface area is 183 Å². The summed E-state index contributed by atoms with van der Waals surface area (Å²) in [5.74, 6) is 0. The van der Waals surface area contributed by atoms with Gasteiger partial charge >= 0.3 is 18.3 Å². The number of carbonyl (C=O) groups excluding carboxylic acids is 3. The number of nitrogens with zero attached hydrogens (tertiary/aromatic N) is 1. The van der Waals surface area contributed by atoms with Crippen molar-refractivity contribution in [3.05, 3.63) is 12.7 Å². The predicted octanol–water partition coefficient (Wildman–Crippen LogP) is 1.38. The number of hydrogen-bond donors (Lipinski definition) is 4. The van der Waals surface area contributed by atoms with Crippen LogP contribution in [-0.4, -0.2) is 89.6 Å². The number of amides is 3. The van der Waals surface area contributed by atoms with Gasteiger partial charge < -0.3 is 40.0 Å². The molecule has 0 spiro atoms. The van der Waals surface area contributed by atoms with Gasteiger partial charge in [-0.1, -0.05) is 12.7 Å². The van der Waals surface area contributed by atoms with Gasteiger partial charge in [-0.3, -0.25) is 0 Å². The Hall–Kier alpha value is -2.53. The highest BCUT2D eigenvalue weighted by Gasteiger charge is 2.27. The van der Waals surface area contributed by atoms with Gasteiger partial charge in [-0.2, -0.15) is 0 Å². The van der Waals surface area contributed by atoms with E-state index < -0.39 is 41.7 Å². The average molecular weight is 448 g/mol. The Morgan fingerprint density at radius 3 is 1.77 bits per heavy atom. The molecular weight excluding hydrogens is 410 g/mol. The van der Waals surface area contributed by atoms with Crippen LogP contribution < -0.4 is 10.6 Å². The van der Waals surface area contributed by atoms with Crippen LogP contribution in [0.1, 0.15) is 41.5 Å². The van der Waals surface area contributed by atoms with Crippen LogP contribution in [0.15, 0.2) is 12.7 Å². The third-order valence-corrected chi connectivity index (χ3v) is 3.21. The Balaban J connectivity index is 4.86. The molecule has 0 heterocycles. The highest BCUT2D eigenvalue weighted by molar-refractivity contribution is 5.69. The van der Waals surface area contributed by atoms with Gasteiger partial charge in [0, 0.05) is 13.1 Å². The number of rotatable bonds is 10. The summed E-state index contributed by atoms with van der Waals surface area (Å²) in [6.45, 7) is 12.7. The van der Waals surface area contributed by atoms with Crippen molar-refractivity contribution in [3.8, 4) is 0 Å². The molecule has 0 aliphatic rings. The summed E-state index contributed by atoms with van der Waals surface area (Å²) < 4.78 is 15.1. The molecule has 2 atom stereocenters. The molecule has 0 saturated heterocycles. The lowest BCUT2D eigenvalue weighted by atomic mass is 10.2. The molecule has 3 amide bonds. The zero-order chi connectivity index (χ0) is 24.2. The standard InChI is InChI=1S/C20H37N3O8/c1-8-9-29-16(26)21-10-14(24)12-23(18(28)31-20(5,6)7)13-15(25)11-22-17(27)30-19(2,3)4/h8,14-15,24-25H,1,9-13H2,2-7H3,(H,21,26)(H,22,27)/t14-,15-/m0/s1. The van der Waals surface area contributed by atoms with Crippen LogP contribution in [0.2, 0.25) is 0 Å². The Kier molecular flexibility index (Phi) is 11.9. The summed E-state index contributed by atoms with van der Waals surface area (Å²) in [5, 5.41) is 25.2. The van der Waals surface area contributed by atoms with Crippen molar-refractivity contribution in [2.75, 3.05) is 32.8 Å². The Morgan fingerprint density at radius 2 is 1.35 bits per heavy atom. The van der Waals surface area contributed by atoms with Gasteiger partial charge in [0.1, 0.15) is 17.8 Å².